The number of nitrogens with one attached hydrogen (secondary N) is 1. The number of allylic oxidation sites excluding steroid dienone is 1. The van der Waals surface area contributed by atoms with Crippen molar-refractivity contribution < 1.29 is 4.74 Å². The van der Waals surface area contributed by atoms with E-state index in [2.05, 4.69) is 35.4 Å². The highest BCUT2D eigenvalue weighted by Gasteiger charge is 2.24. The van der Waals surface area contributed by atoms with Gasteiger partial charge in [0, 0.05) is 18.8 Å². The molecule has 84 valence electrons. The lowest BCUT2D eigenvalue weighted by atomic mass is 10.1. The van der Waals surface area contributed by atoms with E-state index in [-0.39, 0.29) is 0 Å². The minimum atomic E-state index is 0.500. The van der Waals surface area contributed by atoms with Crippen LogP contribution in [-0.4, -0.2) is 44.2 Å². The average molecular weight is 209 g/mol. The van der Waals surface area contributed by atoms with Crippen LogP contribution in [0.25, 0.3) is 0 Å². The van der Waals surface area contributed by atoms with Crippen molar-refractivity contribution in [1.29, 1.82) is 0 Å². The number of hydrogen-bond acceptors (Lipinski definition) is 3. The number of ether oxygens (including phenoxy) is 1. The van der Waals surface area contributed by atoms with Crippen LogP contribution in [0.15, 0.2) is 29.9 Å². The first-order valence-electron chi connectivity index (χ1n) is 5.05. The zero-order chi connectivity index (χ0) is 11.3. The predicted octanol–water partition coefficient (Wildman–Crippen LogP) is 0.982. The Morgan fingerprint density at radius 3 is 2.87 bits per heavy atom. The Morgan fingerprint density at radius 1 is 1.73 bits per heavy atom. The van der Waals surface area contributed by atoms with E-state index in [0.717, 1.165) is 6.54 Å². The van der Waals surface area contributed by atoms with E-state index in [1.54, 1.807) is 13.1 Å². The molecule has 0 bridgehead atoms. The third-order valence-corrected chi connectivity index (χ3v) is 2.57. The highest BCUT2D eigenvalue weighted by molar-refractivity contribution is 5.75. The molecule has 1 N–H and O–H groups in total. The van der Waals surface area contributed by atoms with Crippen molar-refractivity contribution in [2.24, 2.45) is 4.99 Å². The van der Waals surface area contributed by atoms with Crippen LogP contribution in [0, 0.1) is 0 Å². The first-order chi connectivity index (χ1) is 7.17. The molecule has 0 aromatic carbocycles. The summed E-state index contributed by atoms with van der Waals surface area (Å²) in [5, 5.41) is 2.93. The van der Waals surface area contributed by atoms with Crippen molar-refractivity contribution in [2.45, 2.75) is 12.5 Å². The summed E-state index contributed by atoms with van der Waals surface area (Å²) in [7, 11) is 3.78. The summed E-state index contributed by atoms with van der Waals surface area (Å²) in [6, 6.07) is 1.01. The van der Waals surface area contributed by atoms with Gasteiger partial charge in [-0.1, -0.05) is 13.2 Å². The van der Waals surface area contributed by atoms with E-state index in [1.807, 2.05) is 0 Å². The Balaban J connectivity index is 2.28. The van der Waals surface area contributed by atoms with Crippen LogP contribution in [0.4, 0.5) is 0 Å². The molecule has 0 aromatic heterocycles. The summed E-state index contributed by atoms with van der Waals surface area (Å²) < 4.78 is 5.53. The predicted molar refractivity (Wildman–Crippen MR) is 62.8 cm³/mol. The molecule has 0 aromatic rings. The lowest BCUT2D eigenvalue weighted by molar-refractivity contribution is 0.0705. The lowest BCUT2D eigenvalue weighted by Crippen LogP contribution is -2.48. The zero-order valence-corrected chi connectivity index (χ0v) is 9.49. The number of rotatable bonds is 4. The second-order valence-corrected chi connectivity index (χ2v) is 3.62. The summed E-state index contributed by atoms with van der Waals surface area (Å²) in [4.78, 5) is 6.25. The molecule has 1 saturated heterocycles. The van der Waals surface area contributed by atoms with Crippen LogP contribution in [-0.2, 0) is 4.74 Å². The van der Waals surface area contributed by atoms with Gasteiger partial charge in [0.2, 0.25) is 0 Å². The number of nitrogens with zero attached hydrogens (tertiary/aromatic N) is 2. The van der Waals surface area contributed by atoms with Gasteiger partial charge in [-0.2, -0.15) is 0 Å². The smallest absolute Gasteiger partial charge is 0.288 e. The van der Waals surface area contributed by atoms with Crippen molar-refractivity contribution in [3.8, 4) is 0 Å². The number of amidine groups is 1. The fourth-order valence-corrected chi connectivity index (χ4v) is 1.30. The Bertz CT molecular complexity index is 273. The average Bonchev–Trinajstić information content (AvgIpc) is 2.25. The van der Waals surface area contributed by atoms with E-state index in [1.165, 1.54) is 6.42 Å². The molecule has 1 rings (SSSR count). The first kappa shape index (κ1) is 11.8. The number of likely N-dealkylation sites (N-methyl/N-ethyl adjacent to an activating group) is 1. The van der Waals surface area contributed by atoms with Gasteiger partial charge < -0.3 is 10.1 Å². The minimum Gasteiger partial charge on any atom is -0.463 e. The minimum absolute atomic E-state index is 0.500. The topological polar surface area (TPSA) is 36.9 Å². The van der Waals surface area contributed by atoms with Gasteiger partial charge in [-0.25, -0.2) is 4.99 Å². The number of likely N-dealkylation sites (tertiary alicyclic amines) is 1. The molecule has 0 saturated carbocycles. The van der Waals surface area contributed by atoms with Crippen molar-refractivity contribution in [2.75, 3.05) is 27.2 Å². The molecule has 1 aliphatic heterocycles. The molecule has 4 nitrogen and oxygen atoms in total. The maximum Gasteiger partial charge on any atom is 0.288 e. The summed E-state index contributed by atoms with van der Waals surface area (Å²) in [5.41, 5.74) is 0.692. The fourth-order valence-electron chi connectivity index (χ4n) is 1.30. The van der Waals surface area contributed by atoms with Gasteiger partial charge in [-0.05, 0) is 26.1 Å². The quantitative estimate of drug-likeness (QED) is 0.426. The van der Waals surface area contributed by atoms with Crippen molar-refractivity contribution in [3.63, 3.8) is 0 Å². The molecule has 4 heteroatoms. The molecule has 1 atom stereocenters. The van der Waals surface area contributed by atoms with Crippen molar-refractivity contribution >= 4 is 6.02 Å². The van der Waals surface area contributed by atoms with Crippen LogP contribution in [0.2, 0.25) is 0 Å². The monoisotopic (exact) mass is 209 g/mol. The molecule has 0 aliphatic carbocycles. The lowest BCUT2D eigenvalue weighted by Gasteiger charge is -2.37. The fraction of sp³-hybridized carbons (Fsp3) is 0.545. The van der Waals surface area contributed by atoms with Gasteiger partial charge in [0.05, 0.1) is 0 Å². The van der Waals surface area contributed by atoms with Crippen LogP contribution in [0.5, 0.6) is 0 Å². The standard InChI is InChI=1S/C11H19N3O/c1-5-9(2)13-11(12-3)15-8-10-6-7-14(10)4/h5,10H,1-2,6-8H2,3-4H3,(H,12,13). The molecule has 0 spiro atoms. The Labute approximate surface area is 91.3 Å². The van der Waals surface area contributed by atoms with Crippen LogP contribution in [0.1, 0.15) is 6.42 Å². The number of hydrogen-bond donors (Lipinski definition) is 1. The molecule has 1 fully saturated rings. The molecular formula is C11H19N3O. The van der Waals surface area contributed by atoms with E-state index >= 15 is 0 Å². The molecular weight excluding hydrogens is 190 g/mol. The van der Waals surface area contributed by atoms with Gasteiger partial charge in [0.1, 0.15) is 6.61 Å². The van der Waals surface area contributed by atoms with Gasteiger partial charge >= 0.3 is 0 Å². The maximum atomic E-state index is 5.53. The number of aliphatic imine (C=N–C) groups is 1. The van der Waals surface area contributed by atoms with E-state index < -0.39 is 0 Å². The Morgan fingerprint density at radius 2 is 2.47 bits per heavy atom. The highest BCUT2D eigenvalue weighted by atomic mass is 16.5. The summed E-state index contributed by atoms with van der Waals surface area (Å²) in [5.74, 6) is 0. The summed E-state index contributed by atoms with van der Waals surface area (Å²) in [6.07, 6.45) is 2.82. The zero-order valence-electron chi connectivity index (χ0n) is 9.49. The summed E-state index contributed by atoms with van der Waals surface area (Å²) >= 11 is 0. The van der Waals surface area contributed by atoms with Crippen molar-refractivity contribution in [3.05, 3.63) is 24.9 Å². The second kappa shape index (κ2) is 5.56. The van der Waals surface area contributed by atoms with Crippen LogP contribution in [0.3, 0.4) is 0 Å². The normalized spacial score (nSPS) is 21.7. The maximum absolute atomic E-state index is 5.53. The van der Waals surface area contributed by atoms with Gasteiger partial charge in [-0.3, -0.25) is 4.90 Å². The Hall–Kier alpha value is -1.29. The molecule has 1 unspecified atom stereocenters. The second-order valence-electron chi connectivity index (χ2n) is 3.62. The first-order valence-corrected chi connectivity index (χ1v) is 5.05. The molecule has 0 radical (unpaired) electrons. The van der Waals surface area contributed by atoms with E-state index in [4.69, 9.17) is 4.74 Å². The van der Waals surface area contributed by atoms with Crippen LogP contribution >= 0.6 is 0 Å². The van der Waals surface area contributed by atoms with Crippen LogP contribution < -0.4 is 5.32 Å². The molecule has 0 amide bonds. The van der Waals surface area contributed by atoms with Gasteiger partial charge in [0.15, 0.2) is 0 Å². The largest absolute Gasteiger partial charge is 0.463 e. The van der Waals surface area contributed by atoms with Gasteiger partial charge in [-0.15, -0.1) is 0 Å². The highest BCUT2D eigenvalue weighted by Crippen LogP contribution is 2.14. The van der Waals surface area contributed by atoms with Gasteiger partial charge in [0.25, 0.3) is 6.02 Å². The van der Waals surface area contributed by atoms with E-state index in [0.29, 0.717) is 24.4 Å². The summed E-state index contributed by atoms with van der Waals surface area (Å²) in [6.45, 7) is 9.16. The Kier molecular flexibility index (Phi) is 4.37. The van der Waals surface area contributed by atoms with E-state index in [9.17, 15) is 0 Å². The molecule has 1 aliphatic rings. The SMILES string of the molecule is C=CC(=C)NC(=NC)OCC1CCN1C. The third-order valence-electron chi connectivity index (χ3n) is 2.57. The van der Waals surface area contributed by atoms with Crippen molar-refractivity contribution in [1.82, 2.24) is 10.2 Å². The molecule has 15 heavy (non-hydrogen) atoms. The molecule has 1 heterocycles. The third kappa shape index (κ3) is 3.40.